The van der Waals surface area contributed by atoms with Crippen LogP contribution in [0, 0.1) is 13.8 Å². The van der Waals surface area contributed by atoms with Gasteiger partial charge in [0.15, 0.2) is 0 Å². The molecule has 3 nitrogen and oxygen atoms in total. The standard InChI is InChI=1S/C12H13BrN2OS/c1-7-8(2)17-12(16)15(7)6-9-4-3-5-10(14)11(9)13/h3-5H,6,14H2,1-2H3. The highest BCUT2D eigenvalue weighted by atomic mass is 79.9. The van der Waals surface area contributed by atoms with E-state index in [4.69, 9.17) is 5.73 Å². The number of hydrogen-bond donors (Lipinski definition) is 1. The van der Waals surface area contributed by atoms with Crippen molar-refractivity contribution in [2.45, 2.75) is 20.4 Å². The van der Waals surface area contributed by atoms with Crippen LogP contribution in [0.5, 0.6) is 0 Å². The van der Waals surface area contributed by atoms with E-state index in [1.165, 1.54) is 11.3 Å². The molecule has 17 heavy (non-hydrogen) atoms. The normalized spacial score (nSPS) is 10.8. The predicted octanol–water partition coefficient (Wildman–Crippen LogP) is 2.92. The maximum Gasteiger partial charge on any atom is 0.307 e. The number of aromatic nitrogens is 1. The number of halogens is 1. The van der Waals surface area contributed by atoms with Crippen molar-refractivity contribution in [2.24, 2.45) is 0 Å². The summed E-state index contributed by atoms with van der Waals surface area (Å²) in [6.45, 7) is 4.49. The van der Waals surface area contributed by atoms with Crippen LogP contribution in [-0.4, -0.2) is 4.57 Å². The lowest BCUT2D eigenvalue weighted by Crippen LogP contribution is -2.15. The Morgan fingerprint density at radius 1 is 1.41 bits per heavy atom. The SMILES string of the molecule is Cc1sc(=O)n(Cc2cccc(N)c2Br)c1C. The highest BCUT2D eigenvalue weighted by Gasteiger charge is 2.10. The van der Waals surface area contributed by atoms with E-state index in [9.17, 15) is 4.79 Å². The zero-order chi connectivity index (χ0) is 12.6. The first-order valence-corrected chi connectivity index (χ1v) is 6.81. The third-order valence-electron chi connectivity index (χ3n) is 2.81. The van der Waals surface area contributed by atoms with Gasteiger partial charge in [-0.1, -0.05) is 23.5 Å². The lowest BCUT2D eigenvalue weighted by molar-refractivity contribution is 0.749. The van der Waals surface area contributed by atoms with Crippen molar-refractivity contribution >= 4 is 33.0 Å². The molecular formula is C12H13BrN2OS. The number of nitrogen functional groups attached to an aromatic ring is 1. The van der Waals surface area contributed by atoms with Gasteiger partial charge >= 0.3 is 4.87 Å². The Kier molecular flexibility index (Phi) is 3.40. The van der Waals surface area contributed by atoms with Crippen molar-refractivity contribution in [1.82, 2.24) is 4.57 Å². The quantitative estimate of drug-likeness (QED) is 0.867. The Hall–Kier alpha value is -1.07. The minimum absolute atomic E-state index is 0.0781. The second kappa shape index (κ2) is 4.66. The molecule has 0 aliphatic carbocycles. The number of anilines is 1. The van der Waals surface area contributed by atoms with E-state index in [0.29, 0.717) is 12.2 Å². The molecule has 1 heterocycles. The molecule has 0 amide bonds. The molecular weight excluding hydrogens is 300 g/mol. The summed E-state index contributed by atoms with van der Waals surface area (Å²) in [4.78, 5) is 12.9. The van der Waals surface area contributed by atoms with Gasteiger partial charge in [-0.3, -0.25) is 9.36 Å². The summed E-state index contributed by atoms with van der Waals surface area (Å²) < 4.78 is 2.65. The molecule has 0 radical (unpaired) electrons. The van der Waals surface area contributed by atoms with Crippen molar-refractivity contribution in [3.63, 3.8) is 0 Å². The molecule has 0 spiro atoms. The molecule has 0 aliphatic rings. The maximum absolute atomic E-state index is 11.8. The molecule has 0 atom stereocenters. The summed E-state index contributed by atoms with van der Waals surface area (Å²) in [7, 11) is 0. The van der Waals surface area contributed by atoms with Gasteiger partial charge in [-0.15, -0.1) is 0 Å². The first-order chi connectivity index (χ1) is 8.00. The summed E-state index contributed by atoms with van der Waals surface area (Å²) in [6, 6.07) is 5.70. The number of aryl methyl sites for hydroxylation is 1. The van der Waals surface area contributed by atoms with Crippen molar-refractivity contribution in [2.75, 3.05) is 5.73 Å². The van der Waals surface area contributed by atoms with Gasteiger partial charge in [-0.05, 0) is 41.4 Å². The molecule has 2 rings (SSSR count). The van der Waals surface area contributed by atoms with E-state index in [0.717, 1.165) is 20.6 Å². The third kappa shape index (κ3) is 2.30. The maximum atomic E-state index is 11.8. The monoisotopic (exact) mass is 312 g/mol. The fourth-order valence-electron chi connectivity index (χ4n) is 1.66. The van der Waals surface area contributed by atoms with Crippen LogP contribution in [0.3, 0.4) is 0 Å². The largest absolute Gasteiger partial charge is 0.398 e. The lowest BCUT2D eigenvalue weighted by Gasteiger charge is -2.09. The van der Waals surface area contributed by atoms with Crippen molar-refractivity contribution in [1.29, 1.82) is 0 Å². The summed E-state index contributed by atoms with van der Waals surface area (Å²) >= 11 is 4.74. The lowest BCUT2D eigenvalue weighted by atomic mass is 10.2. The molecule has 2 aromatic rings. The molecule has 1 aromatic carbocycles. The molecule has 0 fully saturated rings. The number of hydrogen-bond acceptors (Lipinski definition) is 3. The van der Waals surface area contributed by atoms with E-state index in [-0.39, 0.29) is 4.87 Å². The Morgan fingerprint density at radius 3 is 2.71 bits per heavy atom. The first kappa shape index (κ1) is 12.4. The predicted molar refractivity (Wildman–Crippen MR) is 75.7 cm³/mol. The van der Waals surface area contributed by atoms with Gasteiger partial charge in [0.05, 0.1) is 6.54 Å². The van der Waals surface area contributed by atoms with Crippen molar-refractivity contribution < 1.29 is 0 Å². The highest BCUT2D eigenvalue weighted by Crippen LogP contribution is 2.25. The smallest absolute Gasteiger partial charge is 0.307 e. The van der Waals surface area contributed by atoms with Crippen molar-refractivity contribution in [3.05, 3.63) is 48.5 Å². The van der Waals surface area contributed by atoms with Gasteiger partial charge in [-0.25, -0.2) is 0 Å². The number of benzene rings is 1. The Labute approximate surface area is 112 Å². The Balaban J connectivity index is 2.45. The fourth-order valence-corrected chi connectivity index (χ4v) is 2.88. The van der Waals surface area contributed by atoms with Crippen LogP contribution in [-0.2, 0) is 6.54 Å². The summed E-state index contributed by atoms with van der Waals surface area (Å²) in [5.74, 6) is 0. The van der Waals surface area contributed by atoms with Crippen LogP contribution in [0.2, 0.25) is 0 Å². The molecule has 0 aliphatic heterocycles. The molecule has 1 aromatic heterocycles. The second-order valence-corrected chi connectivity index (χ2v) is 5.87. The summed E-state index contributed by atoms with van der Waals surface area (Å²) in [5, 5.41) is 0. The van der Waals surface area contributed by atoms with E-state index >= 15 is 0 Å². The van der Waals surface area contributed by atoms with E-state index < -0.39 is 0 Å². The van der Waals surface area contributed by atoms with Gasteiger partial charge in [0, 0.05) is 20.7 Å². The van der Waals surface area contributed by atoms with Gasteiger partial charge in [-0.2, -0.15) is 0 Å². The van der Waals surface area contributed by atoms with E-state index in [2.05, 4.69) is 15.9 Å². The first-order valence-electron chi connectivity index (χ1n) is 5.20. The molecule has 0 saturated heterocycles. The average Bonchev–Trinajstić information content (AvgIpc) is 2.51. The minimum Gasteiger partial charge on any atom is -0.398 e. The van der Waals surface area contributed by atoms with Crippen LogP contribution < -0.4 is 10.6 Å². The zero-order valence-electron chi connectivity index (χ0n) is 9.66. The number of nitrogens with two attached hydrogens (primary N) is 1. The molecule has 5 heteroatoms. The van der Waals surface area contributed by atoms with Crippen LogP contribution in [0.1, 0.15) is 16.1 Å². The van der Waals surface area contributed by atoms with E-state index in [1.807, 2.05) is 32.0 Å². The van der Waals surface area contributed by atoms with Gasteiger partial charge < -0.3 is 5.73 Å². The number of thiazole rings is 1. The average molecular weight is 313 g/mol. The highest BCUT2D eigenvalue weighted by molar-refractivity contribution is 9.10. The topological polar surface area (TPSA) is 48.0 Å². The van der Waals surface area contributed by atoms with Gasteiger partial charge in [0.25, 0.3) is 0 Å². The minimum atomic E-state index is 0.0781. The summed E-state index contributed by atoms with van der Waals surface area (Å²) in [5.41, 5.74) is 8.56. The number of rotatable bonds is 2. The van der Waals surface area contributed by atoms with Crippen LogP contribution in [0.4, 0.5) is 5.69 Å². The molecule has 0 saturated carbocycles. The van der Waals surface area contributed by atoms with Crippen LogP contribution in [0.25, 0.3) is 0 Å². The molecule has 0 unspecified atom stereocenters. The number of nitrogens with zero attached hydrogens (tertiary/aromatic N) is 1. The van der Waals surface area contributed by atoms with Crippen molar-refractivity contribution in [3.8, 4) is 0 Å². The third-order valence-corrected chi connectivity index (χ3v) is 4.78. The molecule has 0 bridgehead atoms. The van der Waals surface area contributed by atoms with Gasteiger partial charge in [0.1, 0.15) is 0 Å². The molecule has 2 N–H and O–H groups in total. The van der Waals surface area contributed by atoms with Crippen LogP contribution in [0.15, 0.2) is 27.5 Å². The van der Waals surface area contributed by atoms with E-state index in [1.54, 1.807) is 4.57 Å². The zero-order valence-corrected chi connectivity index (χ0v) is 12.1. The summed E-state index contributed by atoms with van der Waals surface area (Å²) in [6.07, 6.45) is 0. The van der Waals surface area contributed by atoms with Crippen LogP contribution >= 0.6 is 27.3 Å². The Bertz CT molecular complexity index is 615. The Morgan fingerprint density at radius 2 is 2.12 bits per heavy atom. The molecule has 90 valence electrons. The fraction of sp³-hybridized carbons (Fsp3) is 0.250. The second-order valence-electron chi connectivity index (χ2n) is 3.92. The van der Waals surface area contributed by atoms with Gasteiger partial charge in [0.2, 0.25) is 0 Å².